The molecular formula is C23H32N4O4S2. The van der Waals surface area contributed by atoms with Crippen molar-refractivity contribution in [2.45, 2.75) is 76.6 Å². The average molecular weight is 493 g/mol. The van der Waals surface area contributed by atoms with Crippen LogP contribution in [0, 0.1) is 5.92 Å². The van der Waals surface area contributed by atoms with E-state index in [1.807, 2.05) is 0 Å². The lowest BCUT2D eigenvalue weighted by molar-refractivity contribution is -0.117. The van der Waals surface area contributed by atoms with Crippen LogP contribution in [0.4, 0.5) is 4.79 Å². The van der Waals surface area contributed by atoms with E-state index in [9.17, 15) is 14.4 Å². The molecule has 2 aliphatic rings. The van der Waals surface area contributed by atoms with Crippen molar-refractivity contribution in [1.29, 1.82) is 0 Å². The van der Waals surface area contributed by atoms with Crippen LogP contribution in [-0.4, -0.2) is 46.5 Å². The smallest absolute Gasteiger partial charge is 0.321 e. The Bertz CT molecular complexity index is 1070. The number of rotatable bonds is 8. The van der Waals surface area contributed by atoms with Gasteiger partial charge in [0, 0.05) is 18.0 Å². The van der Waals surface area contributed by atoms with E-state index in [4.69, 9.17) is 9.72 Å². The molecule has 1 atom stereocenters. The highest BCUT2D eigenvalue weighted by Gasteiger charge is 2.25. The van der Waals surface area contributed by atoms with Gasteiger partial charge in [-0.05, 0) is 56.4 Å². The zero-order valence-corrected chi connectivity index (χ0v) is 20.9. The monoisotopic (exact) mass is 492 g/mol. The van der Waals surface area contributed by atoms with Crippen molar-refractivity contribution in [3.8, 4) is 0 Å². The Morgan fingerprint density at radius 1 is 1.27 bits per heavy atom. The summed E-state index contributed by atoms with van der Waals surface area (Å²) in [4.78, 5) is 44.7. The van der Waals surface area contributed by atoms with Crippen molar-refractivity contribution in [1.82, 2.24) is 20.2 Å². The molecule has 1 aliphatic heterocycles. The average Bonchev–Trinajstić information content (AvgIpc) is 3.41. The van der Waals surface area contributed by atoms with Gasteiger partial charge in [-0.25, -0.2) is 9.78 Å². The number of thioether (sulfide) groups is 1. The van der Waals surface area contributed by atoms with Gasteiger partial charge in [-0.1, -0.05) is 25.6 Å². The number of nitrogens with one attached hydrogen (secondary N) is 2. The number of hydrogen-bond acceptors (Lipinski definition) is 7. The predicted molar refractivity (Wildman–Crippen MR) is 131 cm³/mol. The molecule has 3 heterocycles. The van der Waals surface area contributed by atoms with Crippen LogP contribution in [0.3, 0.4) is 0 Å². The van der Waals surface area contributed by atoms with Crippen LogP contribution in [0.1, 0.15) is 56.4 Å². The number of aryl methyl sites for hydroxylation is 2. The summed E-state index contributed by atoms with van der Waals surface area (Å²) >= 11 is 2.80. The maximum atomic E-state index is 13.6. The van der Waals surface area contributed by atoms with Crippen LogP contribution < -0.4 is 16.2 Å². The summed E-state index contributed by atoms with van der Waals surface area (Å²) in [5.41, 5.74) is 1.12. The molecule has 0 aromatic carbocycles. The molecule has 0 spiro atoms. The zero-order chi connectivity index (χ0) is 23.4. The van der Waals surface area contributed by atoms with Crippen molar-refractivity contribution < 1.29 is 14.3 Å². The molecule has 1 fully saturated rings. The van der Waals surface area contributed by atoms with Crippen molar-refractivity contribution in [2.75, 3.05) is 18.9 Å². The molecule has 1 saturated heterocycles. The third-order valence-corrected chi connectivity index (χ3v) is 8.20. The van der Waals surface area contributed by atoms with Gasteiger partial charge < -0.3 is 10.1 Å². The Kier molecular flexibility index (Phi) is 8.08. The number of amides is 3. The molecule has 0 saturated carbocycles. The van der Waals surface area contributed by atoms with Crippen LogP contribution in [0.2, 0.25) is 0 Å². The second kappa shape index (κ2) is 11.0. The normalized spacial score (nSPS) is 18.0. The summed E-state index contributed by atoms with van der Waals surface area (Å²) < 4.78 is 7.46. The number of ether oxygens (including phenoxy) is 1. The Labute approximate surface area is 201 Å². The van der Waals surface area contributed by atoms with Gasteiger partial charge in [0.1, 0.15) is 4.83 Å². The van der Waals surface area contributed by atoms with Crippen LogP contribution in [0.25, 0.3) is 10.2 Å². The van der Waals surface area contributed by atoms with E-state index in [-0.39, 0.29) is 17.4 Å². The molecule has 8 nitrogen and oxygen atoms in total. The van der Waals surface area contributed by atoms with Gasteiger partial charge in [-0.3, -0.25) is 19.5 Å². The number of carbonyl (C=O) groups excluding carboxylic acids is 2. The second-order valence-electron chi connectivity index (χ2n) is 9.11. The predicted octanol–water partition coefficient (Wildman–Crippen LogP) is 3.48. The molecule has 3 amide bonds. The highest BCUT2D eigenvalue weighted by atomic mass is 32.2. The zero-order valence-electron chi connectivity index (χ0n) is 19.3. The Balaban J connectivity index is 1.51. The first-order valence-electron chi connectivity index (χ1n) is 11.8. The van der Waals surface area contributed by atoms with Crippen molar-refractivity contribution in [3.63, 3.8) is 0 Å². The van der Waals surface area contributed by atoms with Gasteiger partial charge in [0.05, 0.1) is 23.8 Å². The van der Waals surface area contributed by atoms with Gasteiger partial charge in [0.2, 0.25) is 5.91 Å². The summed E-state index contributed by atoms with van der Waals surface area (Å²) in [7, 11) is 0. The quantitative estimate of drug-likeness (QED) is 0.432. The van der Waals surface area contributed by atoms with E-state index in [0.29, 0.717) is 30.8 Å². The lowest BCUT2D eigenvalue weighted by Gasteiger charge is -2.16. The Morgan fingerprint density at radius 2 is 2.09 bits per heavy atom. The molecule has 0 bridgehead atoms. The maximum absolute atomic E-state index is 13.6. The third kappa shape index (κ3) is 5.96. The van der Waals surface area contributed by atoms with E-state index in [1.165, 1.54) is 16.6 Å². The summed E-state index contributed by atoms with van der Waals surface area (Å²) in [6.45, 7) is 5.81. The van der Waals surface area contributed by atoms with E-state index in [0.717, 1.165) is 60.7 Å². The molecule has 2 aromatic heterocycles. The molecule has 10 heteroatoms. The third-order valence-electron chi connectivity index (χ3n) is 6.04. The molecule has 4 rings (SSSR count). The van der Waals surface area contributed by atoms with Crippen molar-refractivity contribution >= 4 is 45.3 Å². The first-order chi connectivity index (χ1) is 15.9. The lowest BCUT2D eigenvalue weighted by atomic mass is 9.97. The highest BCUT2D eigenvalue weighted by Crippen LogP contribution is 2.35. The van der Waals surface area contributed by atoms with E-state index in [1.54, 1.807) is 15.9 Å². The summed E-state index contributed by atoms with van der Waals surface area (Å²) in [6, 6.07) is -0.493. The van der Waals surface area contributed by atoms with E-state index >= 15 is 0 Å². The fourth-order valence-electron chi connectivity index (χ4n) is 4.29. The molecule has 1 aliphatic carbocycles. The summed E-state index contributed by atoms with van der Waals surface area (Å²) in [6.07, 6.45) is 6.89. The second-order valence-corrected chi connectivity index (χ2v) is 11.1. The summed E-state index contributed by atoms with van der Waals surface area (Å²) in [5, 5.41) is 6.31. The Hall–Kier alpha value is -1.91. The van der Waals surface area contributed by atoms with E-state index in [2.05, 4.69) is 24.5 Å². The first-order valence-corrected chi connectivity index (χ1v) is 13.6. The Morgan fingerprint density at radius 3 is 2.85 bits per heavy atom. The number of hydrogen-bond donors (Lipinski definition) is 2. The molecule has 180 valence electrons. The van der Waals surface area contributed by atoms with Crippen LogP contribution in [-0.2, 0) is 28.9 Å². The van der Waals surface area contributed by atoms with Crippen molar-refractivity contribution in [3.05, 3.63) is 20.8 Å². The highest BCUT2D eigenvalue weighted by molar-refractivity contribution is 7.99. The minimum Gasteiger partial charge on any atom is -0.376 e. The molecule has 2 N–H and O–H groups in total. The van der Waals surface area contributed by atoms with Gasteiger partial charge in [-0.15, -0.1) is 11.3 Å². The van der Waals surface area contributed by atoms with Crippen molar-refractivity contribution in [2.24, 2.45) is 5.92 Å². The fourth-order valence-corrected chi connectivity index (χ4v) is 6.41. The maximum Gasteiger partial charge on any atom is 0.321 e. The summed E-state index contributed by atoms with van der Waals surface area (Å²) in [5.74, 6) is 0.0678. The van der Waals surface area contributed by atoms with E-state index < -0.39 is 11.9 Å². The number of fused-ring (bicyclic) bond motifs is 3. The minimum absolute atomic E-state index is 0.00611. The SMILES string of the molecule is CC(C)CCNC(=O)NC(=O)CSc1nc2sc3c(c2c(=O)n1CC1CCCO1)CCCC3. The first kappa shape index (κ1) is 24.2. The van der Waals surface area contributed by atoms with Crippen LogP contribution >= 0.6 is 23.1 Å². The number of carbonyl (C=O) groups is 2. The number of thiophene rings is 1. The fraction of sp³-hybridized carbons (Fsp3) is 0.652. The number of imide groups is 1. The molecule has 1 unspecified atom stereocenters. The topological polar surface area (TPSA) is 102 Å². The molecule has 33 heavy (non-hydrogen) atoms. The van der Waals surface area contributed by atoms with Gasteiger partial charge >= 0.3 is 6.03 Å². The largest absolute Gasteiger partial charge is 0.376 e. The molecule has 2 aromatic rings. The van der Waals surface area contributed by atoms with Gasteiger partial charge in [0.15, 0.2) is 5.16 Å². The standard InChI is InChI=1S/C23H32N4O4S2/c1-14(2)9-10-24-22(30)25-18(28)13-32-23-26-20-19(16-7-3-4-8-17(16)33-20)21(29)27(23)12-15-6-5-11-31-15/h14-15H,3-13H2,1-2H3,(H2,24,25,28,30). The van der Waals surface area contributed by atoms with Crippen LogP contribution in [0.15, 0.2) is 9.95 Å². The molecular weight excluding hydrogens is 460 g/mol. The lowest BCUT2D eigenvalue weighted by Crippen LogP contribution is -2.41. The minimum atomic E-state index is -0.493. The van der Waals surface area contributed by atoms with Gasteiger partial charge in [0.25, 0.3) is 5.56 Å². The number of aromatic nitrogens is 2. The van der Waals surface area contributed by atoms with Crippen LogP contribution in [0.5, 0.6) is 0 Å². The molecule has 0 radical (unpaired) electrons. The van der Waals surface area contributed by atoms with Gasteiger partial charge in [-0.2, -0.15) is 0 Å². The number of nitrogens with zero attached hydrogens (tertiary/aromatic N) is 2. The number of urea groups is 1.